The largest absolute Gasteiger partial charge is 0.305 e. The topological polar surface area (TPSA) is 21.3 Å². The van der Waals surface area contributed by atoms with Crippen molar-refractivity contribution in [1.29, 1.82) is 0 Å². The third kappa shape index (κ3) is 2.61. The average Bonchev–Trinajstić information content (AvgIpc) is 2.03. The summed E-state index contributed by atoms with van der Waals surface area (Å²) in [4.78, 5) is 4.73. The maximum Gasteiger partial charge on any atom is 0.0572 e. The number of hydrogen-bond acceptors (Lipinski definition) is 2. The molecule has 2 nitrogen and oxygen atoms in total. The molecular formula is C8H10BrNO. The SMILES string of the molecule is CONCc1ccccc1Br. The van der Waals surface area contributed by atoms with Crippen LogP contribution < -0.4 is 5.48 Å². The van der Waals surface area contributed by atoms with Crippen molar-refractivity contribution in [3.8, 4) is 0 Å². The summed E-state index contributed by atoms with van der Waals surface area (Å²) in [7, 11) is 1.61. The molecule has 0 saturated heterocycles. The number of rotatable bonds is 3. The van der Waals surface area contributed by atoms with Crippen molar-refractivity contribution < 1.29 is 4.84 Å². The number of nitrogens with one attached hydrogen (secondary N) is 1. The molecule has 0 radical (unpaired) electrons. The van der Waals surface area contributed by atoms with Crippen LogP contribution in [0.5, 0.6) is 0 Å². The standard InChI is InChI=1S/C8H10BrNO/c1-11-10-6-7-4-2-3-5-8(7)9/h2-5,10H,6H2,1H3. The Hall–Kier alpha value is -0.380. The number of halogens is 1. The lowest BCUT2D eigenvalue weighted by Crippen LogP contribution is -2.10. The fraction of sp³-hybridized carbons (Fsp3) is 0.250. The highest BCUT2D eigenvalue weighted by atomic mass is 79.9. The minimum atomic E-state index is 0.720. The summed E-state index contributed by atoms with van der Waals surface area (Å²) in [6.07, 6.45) is 0. The van der Waals surface area contributed by atoms with E-state index < -0.39 is 0 Å². The lowest BCUT2D eigenvalue weighted by molar-refractivity contribution is 0.0866. The molecule has 0 amide bonds. The third-order valence-electron chi connectivity index (χ3n) is 1.36. The maximum atomic E-state index is 4.73. The van der Waals surface area contributed by atoms with Crippen molar-refractivity contribution in [2.45, 2.75) is 6.54 Å². The Morgan fingerprint density at radius 1 is 1.45 bits per heavy atom. The number of hydrogen-bond donors (Lipinski definition) is 1. The van der Waals surface area contributed by atoms with E-state index in [-0.39, 0.29) is 0 Å². The summed E-state index contributed by atoms with van der Waals surface area (Å²) in [6.45, 7) is 0.720. The second-order valence-corrected chi connectivity index (χ2v) is 2.97. The molecule has 60 valence electrons. The molecule has 0 saturated carbocycles. The normalized spacial score (nSPS) is 10.0. The first kappa shape index (κ1) is 8.71. The highest BCUT2D eigenvalue weighted by molar-refractivity contribution is 9.10. The fourth-order valence-electron chi connectivity index (χ4n) is 0.792. The van der Waals surface area contributed by atoms with Crippen LogP contribution in [0.3, 0.4) is 0 Å². The first-order chi connectivity index (χ1) is 5.34. The molecule has 3 heteroatoms. The molecule has 1 aromatic carbocycles. The number of benzene rings is 1. The summed E-state index contributed by atoms with van der Waals surface area (Å²) in [6, 6.07) is 8.03. The van der Waals surface area contributed by atoms with E-state index in [1.54, 1.807) is 7.11 Å². The molecule has 1 aromatic rings. The maximum absolute atomic E-state index is 4.73. The Balaban J connectivity index is 2.62. The molecule has 1 rings (SSSR count). The Bertz CT molecular complexity index is 227. The first-order valence-corrected chi connectivity index (χ1v) is 4.13. The van der Waals surface area contributed by atoms with E-state index in [2.05, 4.69) is 21.4 Å². The van der Waals surface area contributed by atoms with Gasteiger partial charge < -0.3 is 4.84 Å². The molecule has 0 fully saturated rings. The van der Waals surface area contributed by atoms with Gasteiger partial charge in [-0.25, -0.2) is 0 Å². The van der Waals surface area contributed by atoms with Crippen LogP contribution in [0.15, 0.2) is 28.7 Å². The van der Waals surface area contributed by atoms with Crippen LogP contribution in [0.1, 0.15) is 5.56 Å². The van der Waals surface area contributed by atoms with E-state index in [4.69, 9.17) is 4.84 Å². The van der Waals surface area contributed by atoms with Crippen molar-refractivity contribution in [2.75, 3.05) is 7.11 Å². The minimum Gasteiger partial charge on any atom is -0.305 e. The highest BCUT2D eigenvalue weighted by Gasteiger charge is 1.95. The van der Waals surface area contributed by atoms with Gasteiger partial charge in [0, 0.05) is 11.0 Å². The molecule has 0 aromatic heterocycles. The molecule has 11 heavy (non-hydrogen) atoms. The van der Waals surface area contributed by atoms with E-state index in [0.29, 0.717) is 0 Å². The molecule has 0 spiro atoms. The predicted octanol–water partition coefficient (Wildman–Crippen LogP) is 2.10. The zero-order valence-corrected chi connectivity index (χ0v) is 7.89. The lowest BCUT2D eigenvalue weighted by Gasteiger charge is -2.03. The summed E-state index contributed by atoms with van der Waals surface area (Å²) >= 11 is 3.43. The van der Waals surface area contributed by atoms with Crippen LogP contribution in [0, 0.1) is 0 Å². The minimum absolute atomic E-state index is 0.720. The predicted molar refractivity (Wildman–Crippen MR) is 48.0 cm³/mol. The van der Waals surface area contributed by atoms with Crippen LogP contribution >= 0.6 is 15.9 Å². The van der Waals surface area contributed by atoms with Gasteiger partial charge in [-0.15, -0.1) is 0 Å². The average molecular weight is 216 g/mol. The van der Waals surface area contributed by atoms with E-state index >= 15 is 0 Å². The van der Waals surface area contributed by atoms with Crippen LogP contribution in [-0.2, 0) is 11.4 Å². The van der Waals surface area contributed by atoms with E-state index in [9.17, 15) is 0 Å². The second-order valence-electron chi connectivity index (χ2n) is 2.12. The summed E-state index contributed by atoms with van der Waals surface area (Å²) < 4.78 is 1.10. The Labute approximate surface area is 74.6 Å². The van der Waals surface area contributed by atoms with Gasteiger partial charge in [0.05, 0.1) is 7.11 Å². The van der Waals surface area contributed by atoms with E-state index in [1.165, 1.54) is 5.56 Å². The van der Waals surface area contributed by atoms with E-state index in [1.807, 2.05) is 24.3 Å². The van der Waals surface area contributed by atoms with E-state index in [0.717, 1.165) is 11.0 Å². The molecular weight excluding hydrogens is 206 g/mol. The monoisotopic (exact) mass is 215 g/mol. The van der Waals surface area contributed by atoms with Gasteiger partial charge in [0.1, 0.15) is 0 Å². The van der Waals surface area contributed by atoms with Gasteiger partial charge in [0.15, 0.2) is 0 Å². The molecule has 0 aliphatic heterocycles. The van der Waals surface area contributed by atoms with Crippen molar-refractivity contribution in [2.24, 2.45) is 0 Å². The first-order valence-electron chi connectivity index (χ1n) is 3.34. The van der Waals surface area contributed by atoms with Crippen molar-refractivity contribution in [3.05, 3.63) is 34.3 Å². The molecule has 0 aliphatic rings. The van der Waals surface area contributed by atoms with Gasteiger partial charge >= 0.3 is 0 Å². The zero-order valence-electron chi connectivity index (χ0n) is 6.30. The van der Waals surface area contributed by atoms with Crippen LogP contribution in [0.4, 0.5) is 0 Å². The summed E-state index contributed by atoms with van der Waals surface area (Å²) in [5.74, 6) is 0. The molecule has 0 heterocycles. The van der Waals surface area contributed by atoms with Crippen LogP contribution in [0.25, 0.3) is 0 Å². The van der Waals surface area contributed by atoms with Gasteiger partial charge in [0.25, 0.3) is 0 Å². The van der Waals surface area contributed by atoms with Crippen molar-refractivity contribution in [3.63, 3.8) is 0 Å². The second kappa shape index (κ2) is 4.49. The fourth-order valence-corrected chi connectivity index (χ4v) is 1.22. The Kier molecular flexibility index (Phi) is 3.56. The zero-order chi connectivity index (χ0) is 8.10. The molecule has 0 atom stereocenters. The summed E-state index contributed by atoms with van der Waals surface area (Å²) in [5.41, 5.74) is 3.96. The third-order valence-corrected chi connectivity index (χ3v) is 2.14. The van der Waals surface area contributed by atoms with Gasteiger partial charge in [-0.05, 0) is 11.6 Å². The van der Waals surface area contributed by atoms with Crippen LogP contribution in [-0.4, -0.2) is 7.11 Å². The van der Waals surface area contributed by atoms with Gasteiger partial charge in [-0.1, -0.05) is 34.1 Å². The van der Waals surface area contributed by atoms with Crippen molar-refractivity contribution >= 4 is 15.9 Å². The van der Waals surface area contributed by atoms with Gasteiger partial charge in [-0.2, -0.15) is 5.48 Å². The quantitative estimate of drug-likeness (QED) is 0.781. The molecule has 0 aliphatic carbocycles. The Morgan fingerprint density at radius 3 is 2.82 bits per heavy atom. The van der Waals surface area contributed by atoms with Gasteiger partial charge in [0.2, 0.25) is 0 Å². The van der Waals surface area contributed by atoms with Crippen molar-refractivity contribution in [1.82, 2.24) is 5.48 Å². The molecule has 1 N–H and O–H groups in total. The van der Waals surface area contributed by atoms with Crippen LogP contribution in [0.2, 0.25) is 0 Å². The summed E-state index contributed by atoms with van der Waals surface area (Å²) in [5, 5.41) is 0. The van der Waals surface area contributed by atoms with Gasteiger partial charge in [-0.3, -0.25) is 0 Å². The Morgan fingerprint density at radius 2 is 2.18 bits per heavy atom. The lowest BCUT2D eigenvalue weighted by atomic mass is 10.2. The highest BCUT2D eigenvalue weighted by Crippen LogP contribution is 2.14. The number of hydroxylamine groups is 1. The molecule has 0 bridgehead atoms. The molecule has 0 unspecified atom stereocenters. The smallest absolute Gasteiger partial charge is 0.0572 e.